The van der Waals surface area contributed by atoms with Crippen LogP contribution >= 0.6 is 15.9 Å². The predicted molar refractivity (Wildman–Crippen MR) is 71.6 cm³/mol. The molecule has 1 aliphatic rings. The largest absolute Gasteiger partial charge is 0.297 e. The van der Waals surface area contributed by atoms with E-state index in [2.05, 4.69) is 27.0 Å². The summed E-state index contributed by atoms with van der Waals surface area (Å²) in [6, 6.07) is 5.77. The van der Waals surface area contributed by atoms with Crippen molar-refractivity contribution in [2.24, 2.45) is 0 Å². The van der Waals surface area contributed by atoms with Gasteiger partial charge in [-0.3, -0.25) is 4.90 Å². The van der Waals surface area contributed by atoms with Gasteiger partial charge in [-0.05, 0) is 47.0 Å². The molecular formula is C13H15BrF2N2. The number of aromatic nitrogens is 1. The van der Waals surface area contributed by atoms with Crippen LogP contribution in [0, 0.1) is 0 Å². The van der Waals surface area contributed by atoms with Gasteiger partial charge in [-0.1, -0.05) is 11.6 Å². The zero-order valence-electron chi connectivity index (χ0n) is 9.95. The van der Waals surface area contributed by atoms with Crippen LogP contribution in [0.5, 0.6) is 0 Å². The van der Waals surface area contributed by atoms with E-state index in [1.807, 2.05) is 23.1 Å². The fraction of sp³-hybridized carbons (Fsp3) is 0.462. The number of pyridine rings is 1. The molecule has 0 unspecified atom stereocenters. The van der Waals surface area contributed by atoms with Crippen LogP contribution in [0.25, 0.3) is 6.08 Å². The summed E-state index contributed by atoms with van der Waals surface area (Å²) < 4.78 is 25.3. The zero-order valence-corrected chi connectivity index (χ0v) is 11.5. The number of alkyl halides is 2. The third-order valence-corrected chi connectivity index (χ3v) is 3.42. The molecule has 0 saturated carbocycles. The first-order chi connectivity index (χ1) is 8.63. The van der Waals surface area contributed by atoms with Crippen molar-refractivity contribution in [1.29, 1.82) is 0 Å². The maximum absolute atomic E-state index is 12.2. The molecule has 0 aromatic carbocycles. The van der Waals surface area contributed by atoms with E-state index in [-0.39, 0.29) is 6.54 Å². The van der Waals surface area contributed by atoms with Crippen LogP contribution in [0.3, 0.4) is 0 Å². The minimum Gasteiger partial charge on any atom is -0.297 e. The van der Waals surface area contributed by atoms with Crippen LogP contribution in [-0.2, 0) is 0 Å². The number of hydrogen-bond donors (Lipinski definition) is 0. The fourth-order valence-corrected chi connectivity index (χ4v) is 2.43. The maximum atomic E-state index is 12.2. The Kier molecular flexibility index (Phi) is 4.83. The molecule has 2 nitrogen and oxygen atoms in total. The Balaban J connectivity index is 1.93. The smallest absolute Gasteiger partial charge is 0.251 e. The molecule has 1 aromatic heterocycles. The minimum absolute atomic E-state index is 0.109. The summed E-state index contributed by atoms with van der Waals surface area (Å²) in [4.78, 5) is 6.16. The van der Waals surface area contributed by atoms with Crippen LogP contribution in [0.15, 0.2) is 28.4 Å². The summed E-state index contributed by atoms with van der Waals surface area (Å²) in [5.41, 5.74) is 2.20. The van der Waals surface area contributed by atoms with Crippen molar-refractivity contribution < 1.29 is 8.78 Å². The van der Waals surface area contributed by atoms with Crippen LogP contribution in [0.4, 0.5) is 8.78 Å². The maximum Gasteiger partial charge on any atom is 0.251 e. The van der Waals surface area contributed by atoms with E-state index in [4.69, 9.17) is 0 Å². The van der Waals surface area contributed by atoms with Crippen LogP contribution in [0.1, 0.15) is 18.5 Å². The second-order valence-corrected chi connectivity index (χ2v) is 5.19. The summed E-state index contributed by atoms with van der Waals surface area (Å²) in [5, 5.41) is 0. The lowest BCUT2D eigenvalue weighted by Crippen LogP contribution is -2.34. The second kappa shape index (κ2) is 6.38. The molecule has 5 heteroatoms. The van der Waals surface area contributed by atoms with Crippen molar-refractivity contribution in [3.8, 4) is 0 Å². The molecule has 98 valence electrons. The molecule has 1 fully saturated rings. The highest BCUT2D eigenvalue weighted by Crippen LogP contribution is 2.20. The number of halogens is 3. The molecule has 0 bridgehead atoms. The number of piperidine rings is 1. The minimum atomic E-state index is -2.23. The van der Waals surface area contributed by atoms with Gasteiger partial charge in [0.1, 0.15) is 4.60 Å². The molecule has 1 saturated heterocycles. The first-order valence-corrected chi connectivity index (χ1v) is 6.75. The van der Waals surface area contributed by atoms with E-state index in [1.165, 1.54) is 5.57 Å². The Hall–Kier alpha value is -0.810. The summed E-state index contributed by atoms with van der Waals surface area (Å²) in [7, 11) is 0. The van der Waals surface area contributed by atoms with E-state index >= 15 is 0 Å². The molecule has 2 rings (SSSR count). The fourth-order valence-electron chi connectivity index (χ4n) is 2.08. The first-order valence-electron chi connectivity index (χ1n) is 5.96. The molecule has 0 radical (unpaired) electrons. The van der Waals surface area contributed by atoms with E-state index in [9.17, 15) is 8.78 Å². The van der Waals surface area contributed by atoms with E-state index in [1.54, 1.807) is 0 Å². The highest BCUT2D eigenvalue weighted by Gasteiger charge is 2.17. The quantitative estimate of drug-likeness (QED) is 0.792. The van der Waals surface area contributed by atoms with Crippen molar-refractivity contribution >= 4 is 22.0 Å². The first kappa shape index (κ1) is 13.6. The van der Waals surface area contributed by atoms with E-state index < -0.39 is 6.43 Å². The average Bonchev–Trinajstić information content (AvgIpc) is 2.31. The Morgan fingerprint density at radius 3 is 2.67 bits per heavy atom. The third kappa shape index (κ3) is 4.14. The monoisotopic (exact) mass is 316 g/mol. The Labute approximate surface area is 114 Å². The van der Waals surface area contributed by atoms with Gasteiger partial charge in [0, 0.05) is 13.1 Å². The van der Waals surface area contributed by atoms with Crippen LogP contribution < -0.4 is 0 Å². The Morgan fingerprint density at radius 1 is 1.33 bits per heavy atom. The molecule has 2 heterocycles. The molecule has 0 spiro atoms. The summed E-state index contributed by atoms with van der Waals surface area (Å²) >= 11 is 3.33. The SMILES string of the molecule is FC(F)CN1CCC(=Cc2cccc(Br)n2)CC1. The number of nitrogens with zero attached hydrogens (tertiary/aromatic N) is 2. The number of rotatable bonds is 3. The molecule has 1 aromatic rings. The summed E-state index contributed by atoms with van der Waals surface area (Å²) in [6.07, 6.45) is 1.52. The van der Waals surface area contributed by atoms with Gasteiger partial charge >= 0.3 is 0 Å². The topological polar surface area (TPSA) is 16.1 Å². The van der Waals surface area contributed by atoms with E-state index in [0.717, 1.165) is 23.1 Å². The Morgan fingerprint density at radius 2 is 2.06 bits per heavy atom. The summed E-state index contributed by atoms with van der Waals surface area (Å²) in [6.45, 7) is 1.32. The average molecular weight is 317 g/mol. The van der Waals surface area contributed by atoms with Crippen molar-refractivity contribution in [3.05, 3.63) is 34.1 Å². The predicted octanol–water partition coefficient (Wildman–Crippen LogP) is 3.59. The molecular weight excluding hydrogens is 302 g/mol. The third-order valence-electron chi connectivity index (χ3n) is 2.98. The van der Waals surface area contributed by atoms with Gasteiger partial charge in [0.25, 0.3) is 6.43 Å². The van der Waals surface area contributed by atoms with Crippen LogP contribution in [0.2, 0.25) is 0 Å². The van der Waals surface area contributed by atoms with Gasteiger partial charge in [0.2, 0.25) is 0 Å². The van der Waals surface area contributed by atoms with Gasteiger partial charge in [-0.15, -0.1) is 0 Å². The van der Waals surface area contributed by atoms with Crippen molar-refractivity contribution in [2.75, 3.05) is 19.6 Å². The molecule has 0 atom stereocenters. The highest BCUT2D eigenvalue weighted by molar-refractivity contribution is 9.10. The van der Waals surface area contributed by atoms with Gasteiger partial charge in [-0.2, -0.15) is 0 Å². The van der Waals surface area contributed by atoms with E-state index in [0.29, 0.717) is 13.1 Å². The molecule has 1 aliphatic heterocycles. The Bertz CT molecular complexity index is 425. The number of likely N-dealkylation sites (tertiary alicyclic amines) is 1. The normalized spacial score (nSPS) is 17.2. The van der Waals surface area contributed by atoms with Crippen molar-refractivity contribution in [3.63, 3.8) is 0 Å². The van der Waals surface area contributed by atoms with Crippen molar-refractivity contribution in [2.45, 2.75) is 19.3 Å². The van der Waals surface area contributed by atoms with Crippen molar-refractivity contribution in [1.82, 2.24) is 9.88 Å². The molecule has 0 aliphatic carbocycles. The lowest BCUT2D eigenvalue weighted by Gasteiger charge is -2.27. The summed E-state index contributed by atoms with van der Waals surface area (Å²) in [5.74, 6) is 0. The van der Waals surface area contributed by atoms with Gasteiger partial charge in [-0.25, -0.2) is 13.8 Å². The van der Waals surface area contributed by atoms with Crippen LogP contribution in [-0.4, -0.2) is 35.9 Å². The van der Waals surface area contributed by atoms with Gasteiger partial charge < -0.3 is 0 Å². The van der Waals surface area contributed by atoms with Gasteiger partial charge in [0.05, 0.1) is 12.2 Å². The lowest BCUT2D eigenvalue weighted by molar-refractivity contribution is 0.0845. The zero-order chi connectivity index (χ0) is 13.0. The molecule has 18 heavy (non-hydrogen) atoms. The standard InChI is InChI=1S/C13H15BrF2N2/c14-12-3-1-2-11(17-12)8-10-4-6-18(7-5-10)9-13(15)16/h1-3,8,13H,4-7,9H2. The molecule has 0 N–H and O–H groups in total. The number of hydrogen-bond acceptors (Lipinski definition) is 2. The highest BCUT2D eigenvalue weighted by atomic mass is 79.9. The van der Waals surface area contributed by atoms with Gasteiger partial charge in [0.15, 0.2) is 0 Å². The molecule has 0 amide bonds. The lowest BCUT2D eigenvalue weighted by atomic mass is 10.0. The second-order valence-electron chi connectivity index (χ2n) is 4.38.